The van der Waals surface area contributed by atoms with Gasteiger partial charge >= 0.3 is 0 Å². The Bertz CT molecular complexity index is 984. The second-order valence-corrected chi connectivity index (χ2v) is 8.76. The van der Waals surface area contributed by atoms with Crippen molar-refractivity contribution in [3.8, 4) is 5.75 Å². The summed E-state index contributed by atoms with van der Waals surface area (Å²) in [7, 11) is -0.733. The number of carbonyl (C=O) groups excluding carboxylic acids is 1. The maximum atomic E-state index is 13.0. The maximum absolute atomic E-state index is 13.0. The molecule has 1 aliphatic heterocycles. The summed E-state index contributed by atoms with van der Waals surface area (Å²) in [6.45, 7) is 2.89. The van der Waals surface area contributed by atoms with Crippen molar-refractivity contribution in [3.63, 3.8) is 0 Å². The minimum absolute atomic E-state index is 0.0322. The lowest BCUT2D eigenvalue weighted by atomic mass is 10.1. The predicted octanol–water partition coefficient (Wildman–Crippen LogP) is 3.06. The molecule has 1 heterocycles. The van der Waals surface area contributed by atoms with Crippen LogP contribution >= 0.6 is 0 Å². The lowest BCUT2D eigenvalue weighted by Crippen LogP contribution is -2.34. The zero-order valence-electron chi connectivity index (χ0n) is 16.8. The van der Waals surface area contributed by atoms with Gasteiger partial charge in [-0.3, -0.25) is 9.52 Å². The molecule has 2 aromatic carbocycles. The van der Waals surface area contributed by atoms with E-state index in [0.717, 1.165) is 12.8 Å². The van der Waals surface area contributed by atoms with E-state index in [1.807, 2.05) is 0 Å². The van der Waals surface area contributed by atoms with E-state index in [4.69, 9.17) is 9.47 Å². The third-order valence-electron chi connectivity index (χ3n) is 4.92. The minimum atomic E-state index is -3.91. The Morgan fingerprint density at radius 3 is 2.72 bits per heavy atom. The minimum Gasteiger partial charge on any atom is -0.495 e. The van der Waals surface area contributed by atoms with Gasteiger partial charge in [-0.15, -0.1) is 0 Å². The van der Waals surface area contributed by atoms with Gasteiger partial charge in [-0.1, -0.05) is 18.2 Å². The molecule has 1 fully saturated rings. The first kappa shape index (κ1) is 21.1. The first-order chi connectivity index (χ1) is 13.8. The quantitative estimate of drug-likeness (QED) is 0.747. The average molecular weight is 419 g/mol. The van der Waals surface area contributed by atoms with Crippen LogP contribution < -0.4 is 9.46 Å². The molecule has 2 aromatic rings. The van der Waals surface area contributed by atoms with Crippen LogP contribution in [0.5, 0.6) is 5.75 Å². The van der Waals surface area contributed by atoms with Gasteiger partial charge in [0.05, 0.1) is 23.8 Å². The van der Waals surface area contributed by atoms with Crippen LogP contribution in [0.2, 0.25) is 0 Å². The van der Waals surface area contributed by atoms with E-state index >= 15 is 0 Å². The van der Waals surface area contributed by atoms with Crippen molar-refractivity contribution in [3.05, 3.63) is 53.6 Å². The average Bonchev–Trinajstić information content (AvgIpc) is 3.20. The Labute approximate surface area is 171 Å². The van der Waals surface area contributed by atoms with Crippen molar-refractivity contribution < 1.29 is 22.7 Å². The summed E-state index contributed by atoms with van der Waals surface area (Å²) in [5, 5.41) is 0. The number of carbonyl (C=O) groups is 1. The van der Waals surface area contributed by atoms with Gasteiger partial charge < -0.3 is 14.4 Å². The number of benzene rings is 2. The third kappa shape index (κ3) is 4.89. The lowest BCUT2D eigenvalue weighted by Gasteiger charge is -2.21. The molecule has 1 unspecified atom stereocenters. The number of sulfonamides is 1. The largest absolute Gasteiger partial charge is 0.495 e. The zero-order valence-corrected chi connectivity index (χ0v) is 17.7. The van der Waals surface area contributed by atoms with Gasteiger partial charge in [-0.2, -0.15) is 0 Å². The molecule has 1 atom stereocenters. The molecular weight excluding hydrogens is 392 g/mol. The van der Waals surface area contributed by atoms with Crippen LogP contribution in [-0.2, 0) is 14.8 Å². The standard InChI is InChI=1S/C21H26N2O5S/c1-15-10-11-16(21(24)23(2)14-17-7-6-12-28-17)13-20(15)29(25,26)22-18-8-4-5-9-19(18)27-3/h4-5,8-11,13,17,22H,6-7,12,14H2,1-3H3. The van der Waals surface area contributed by atoms with Gasteiger partial charge in [-0.25, -0.2) is 8.42 Å². The number of para-hydroxylation sites is 2. The number of hydrogen-bond acceptors (Lipinski definition) is 5. The van der Waals surface area contributed by atoms with Crippen molar-refractivity contribution in [1.82, 2.24) is 4.90 Å². The normalized spacial score (nSPS) is 16.4. The summed E-state index contributed by atoms with van der Waals surface area (Å²) in [6.07, 6.45) is 1.95. The molecule has 1 N–H and O–H groups in total. The van der Waals surface area contributed by atoms with Crippen molar-refractivity contribution in [2.24, 2.45) is 0 Å². The molecule has 156 valence electrons. The highest BCUT2D eigenvalue weighted by molar-refractivity contribution is 7.92. The highest BCUT2D eigenvalue weighted by Gasteiger charge is 2.24. The number of methoxy groups -OCH3 is 1. The molecule has 1 aliphatic rings. The zero-order chi connectivity index (χ0) is 21.0. The van der Waals surface area contributed by atoms with Crippen LogP contribution in [0, 0.1) is 6.92 Å². The monoisotopic (exact) mass is 418 g/mol. The van der Waals surface area contributed by atoms with Crippen LogP contribution in [-0.4, -0.2) is 52.6 Å². The Balaban J connectivity index is 1.84. The number of anilines is 1. The molecule has 0 saturated carbocycles. The molecule has 0 spiro atoms. The van der Waals surface area contributed by atoms with E-state index in [2.05, 4.69) is 4.72 Å². The summed E-state index contributed by atoms with van der Waals surface area (Å²) in [6, 6.07) is 11.5. The van der Waals surface area contributed by atoms with Crippen molar-refractivity contribution in [2.75, 3.05) is 32.0 Å². The number of rotatable bonds is 7. The fourth-order valence-corrected chi connectivity index (χ4v) is 4.69. The number of aryl methyl sites for hydroxylation is 1. The number of nitrogens with zero attached hydrogens (tertiary/aromatic N) is 1. The fraction of sp³-hybridized carbons (Fsp3) is 0.381. The maximum Gasteiger partial charge on any atom is 0.262 e. The van der Waals surface area contributed by atoms with E-state index in [0.29, 0.717) is 35.7 Å². The van der Waals surface area contributed by atoms with E-state index in [1.54, 1.807) is 55.3 Å². The van der Waals surface area contributed by atoms with Crippen molar-refractivity contribution in [1.29, 1.82) is 0 Å². The van der Waals surface area contributed by atoms with Gasteiger partial charge in [0.2, 0.25) is 0 Å². The van der Waals surface area contributed by atoms with Gasteiger partial charge in [0.15, 0.2) is 0 Å². The Morgan fingerprint density at radius 2 is 2.03 bits per heavy atom. The van der Waals surface area contributed by atoms with Gasteiger partial charge in [0, 0.05) is 25.8 Å². The van der Waals surface area contributed by atoms with Crippen molar-refractivity contribution >= 4 is 21.6 Å². The summed E-state index contributed by atoms with van der Waals surface area (Å²) < 4.78 is 39.4. The molecule has 0 radical (unpaired) electrons. The van der Waals surface area contributed by atoms with Crippen molar-refractivity contribution in [2.45, 2.75) is 30.8 Å². The number of nitrogens with one attached hydrogen (secondary N) is 1. The molecule has 1 saturated heterocycles. The molecular formula is C21H26N2O5S. The van der Waals surface area contributed by atoms with E-state index in [-0.39, 0.29) is 16.9 Å². The first-order valence-electron chi connectivity index (χ1n) is 9.45. The fourth-order valence-electron chi connectivity index (χ4n) is 3.35. The van der Waals surface area contributed by atoms with Gasteiger partial charge in [-0.05, 0) is 49.6 Å². The molecule has 0 bridgehead atoms. The highest BCUT2D eigenvalue weighted by Crippen LogP contribution is 2.27. The van der Waals surface area contributed by atoms with E-state index in [9.17, 15) is 13.2 Å². The highest BCUT2D eigenvalue weighted by atomic mass is 32.2. The molecule has 8 heteroatoms. The number of ether oxygens (including phenoxy) is 2. The number of likely N-dealkylation sites (N-methyl/N-ethyl adjacent to an activating group) is 1. The summed E-state index contributed by atoms with van der Waals surface area (Å²) in [4.78, 5) is 14.4. The molecule has 0 aromatic heterocycles. The smallest absolute Gasteiger partial charge is 0.262 e. The van der Waals surface area contributed by atoms with Crippen LogP contribution in [0.1, 0.15) is 28.8 Å². The Hall–Kier alpha value is -2.58. The third-order valence-corrected chi connectivity index (χ3v) is 6.43. The van der Waals surface area contributed by atoms with Gasteiger partial charge in [0.1, 0.15) is 5.75 Å². The molecule has 3 rings (SSSR count). The first-order valence-corrected chi connectivity index (χ1v) is 10.9. The number of amides is 1. The SMILES string of the molecule is COc1ccccc1NS(=O)(=O)c1cc(C(=O)N(C)CC2CCCO2)ccc1C. The summed E-state index contributed by atoms with van der Waals surface area (Å²) in [5.41, 5.74) is 1.20. The van der Waals surface area contributed by atoms with Crippen LogP contribution in [0.4, 0.5) is 5.69 Å². The Kier molecular flexibility index (Phi) is 6.44. The van der Waals surface area contributed by atoms with Crippen LogP contribution in [0.15, 0.2) is 47.4 Å². The second kappa shape index (κ2) is 8.84. The molecule has 29 heavy (non-hydrogen) atoms. The Morgan fingerprint density at radius 1 is 1.28 bits per heavy atom. The van der Waals surface area contributed by atoms with E-state index < -0.39 is 10.0 Å². The second-order valence-electron chi connectivity index (χ2n) is 7.11. The number of hydrogen-bond donors (Lipinski definition) is 1. The molecule has 1 amide bonds. The molecule has 7 nitrogen and oxygen atoms in total. The van der Waals surface area contributed by atoms with Crippen LogP contribution in [0.3, 0.4) is 0 Å². The molecule has 0 aliphatic carbocycles. The van der Waals surface area contributed by atoms with E-state index in [1.165, 1.54) is 13.2 Å². The predicted molar refractivity (Wildman–Crippen MR) is 111 cm³/mol. The summed E-state index contributed by atoms with van der Waals surface area (Å²) in [5.74, 6) is 0.173. The van der Waals surface area contributed by atoms with Gasteiger partial charge in [0.25, 0.3) is 15.9 Å². The lowest BCUT2D eigenvalue weighted by molar-refractivity contribution is 0.0587. The summed E-state index contributed by atoms with van der Waals surface area (Å²) >= 11 is 0. The topological polar surface area (TPSA) is 84.9 Å². The van der Waals surface area contributed by atoms with Crippen LogP contribution in [0.25, 0.3) is 0 Å².